The van der Waals surface area contributed by atoms with Gasteiger partial charge in [0.05, 0.1) is 12.4 Å². The van der Waals surface area contributed by atoms with E-state index >= 15 is 0 Å². The molecule has 0 radical (unpaired) electrons. The number of nitrogens with one attached hydrogen (secondary N) is 1. The molecule has 0 aliphatic carbocycles. The number of thioether (sulfide) groups is 1. The monoisotopic (exact) mass is 463 g/mol. The van der Waals surface area contributed by atoms with Gasteiger partial charge in [0.25, 0.3) is 0 Å². The Kier molecular flexibility index (Phi) is 8.30. The molecule has 0 bridgehead atoms. The number of hydrogen-bond acceptors (Lipinski definition) is 7. The quantitative estimate of drug-likeness (QED) is 0.254. The normalized spacial score (nSPS) is 10.7. The minimum absolute atomic E-state index is 0.128. The zero-order valence-electron chi connectivity index (χ0n) is 16.5. The third-order valence-electron chi connectivity index (χ3n) is 4.06. The lowest BCUT2D eigenvalue weighted by atomic mass is 10.2. The maximum absolute atomic E-state index is 12.1. The number of aryl methyl sites for hydroxylation is 2. The van der Waals surface area contributed by atoms with Gasteiger partial charge < -0.3 is 14.6 Å². The minimum Gasteiger partial charge on any atom is -0.493 e. The summed E-state index contributed by atoms with van der Waals surface area (Å²) in [5.41, 5.74) is 1.01. The summed E-state index contributed by atoms with van der Waals surface area (Å²) in [6.45, 7) is 6.91. The number of thiazole rings is 1. The van der Waals surface area contributed by atoms with Crippen LogP contribution in [-0.2, 0) is 17.8 Å². The van der Waals surface area contributed by atoms with Crippen molar-refractivity contribution in [2.24, 2.45) is 0 Å². The van der Waals surface area contributed by atoms with Crippen LogP contribution in [0.25, 0.3) is 0 Å². The Balaban J connectivity index is 1.51. The molecule has 10 heteroatoms. The third kappa shape index (κ3) is 6.32. The second kappa shape index (κ2) is 11.1. The van der Waals surface area contributed by atoms with Gasteiger partial charge in [-0.1, -0.05) is 29.4 Å². The Labute approximate surface area is 188 Å². The van der Waals surface area contributed by atoms with Crippen LogP contribution >= 0.6 is 34.7 Å². The summed E-state index contributed by atoms with van der Waals surface area (Å²) in [6.07, 6.45) is 4.93. The summed E-state index contributed by atoms with van der Waals surface area (Å²) in [7, 11) is 0. The van der Waals surface area contributed by atoms with Crippen LogP contribution in [0.3, 0.4) is 0 Å². The highest BCUT2D eigenvalue weighted by Crippen LogP contribution is 2.22. The highest BCUT2D eigenvalue weighted by atomic mass is 35.5. The summed E-state index contributed by atoms with van der Waals surface area (Å²) < 4.78 is 7.82. The number of benzene rings is 1. The van der Waals surface area contributed by atoms with Gasteiger partial charge >= 0.3 is 0 Å². The number of halogens is 1. The molecule has 30 heavy (non-hydrogen) atoms. The highest BCUT2D eigenvalue weighted by molar-refractivity contribution is 7.99. The van der Waals surface area contributed by atoms with E-state index in [1.54, 1.807) is 12.3 Å². The van der Waals surface area contributed by atoms with Crippen molar-refractivity contribution in [3.05, 3.63) is 58.8 Å². The zero-order chi connectivity index (χ0) is 21.3. The summed E-state index contributed by atoms with van der Waals surface area (Å²) in [4.78, 5) is 16.1. The number of carbonyl (C=O) groups excluding carboxylic acids is 1. The lowest BCUT2D eigenvalue weighted by Gasteiger charge is -2.10. The number of anilines is 1. The van der Waals surface area contributed by atoms with Crippen LogP contribution in [0.4, 0.5) is 5.13 Å². The number of nitrogens with zero attached hydrogens (tertiary/aromatic N) is 4. The summed E-state index contributed by atoms with van der Waals surface area (Å²) in [5.74, 6) is 1.77. The van der Waals surface area contributed by atoms with Gasteiger partial charge in [0.1, 0.15) is 11.6 Å². The highest BCUT2D eigenvalue weighted by Gasteiger charge is 2.14. The minimum atomic E-state index is -0.128. The number of allylic oxidation sites excluding steroid dienone is 1. The van der Waals surface area contributed by atoms with Gasteiger partial charge in [0.15, 0.2) is 10.3 Å². The van der Waals surface area contributed by atoms with Crippen LogP contribution in [-0.4, -0.2) is 38.0 Å². The van der Waals surface area contributed by atoms with Crippen LogP contribution in [0.5, 0.6) is 5.75 Å². The molecule has 0 fully saturated rings. The molecule has 1 aromatic carbocycles. The molecule has 0 aliphatic heterocycles. The second-order valence-corrected chi connectivity index (χ2v) is 8.61. The molecule has 3 rings (SSSR count). The number of carbonyl (C=O) groups is 1. The molecule has 0 unspecified atom stereocenters. The molecule has 2 aromatic heterocycles. The topological polar surface area (TPSA) is 81.9 Å². The van der Waals surface area contributed by atoms with Crippen LogP contribution < -0.4 is 10.1 Å². The molecule has 1 N–H and O–H groups in total. The molecule has 1 amide bonds. The molecule has 0 spiro atoms. The van der Waals surface area contributed by atoms with E-state index in [4.69, 9.17) is 16.3 Å². The fourth-order valence-corrected chi connectivity index (χ4v) is 4.22. The van der Waals surface area contributed by atoms with Crippen LogP contribution in [0.15, 0.2) is 47.6 Å². The lowest BCUT2D eigenvalue weighted by Crippen LogP contribution is -2.14. The van der Waals surface area contributed by atoms with Gasteiger partial charge in [-0.2, -0.15) is 0 Å². The average Bonchev–Trinajstić information content (AvgIpc) is 3.35. The first-order chi connectivity index (χ1) is 14.6. The van der Waals surface area contributed by atoms with Crippen molar-refractivity contribution in [1.82, 2.24) is 19.7 Å². The Morgan fingerprint density at radius 2 is 2.30 bits per heavy atom. The predicted octanol–water partition coefficient (Wildman–Crippen LogP) is 4.62. The molecule has 0 saturated heterocycles. The van der Waals surface area contributed by atoms with Gasteiger partial charge in [0, 0.05) is 29.6 Å². The van der Waals surface area contributed by atoms with Crippen LogP contribution in [0, 0.1) is 6.92 Å². The van der Waals surface area contributed by atoms with E-state index in [9.17, 15) is 4.79 Å². The third-order valence-corrected chi connectivity index (χ3v) is 5.95. The second-order valence-electron chi connectivity index (χ2n) is 6.33. The Morgan fingerprint density at radius 3 is 3.03 bits per heavy atom. The van der Waals surface area contributed by atoms with E-state index in [0.717, 1.165) is 23.6 Å². The number of rotatable bonds is 11. The van der Waals surface area contributed by atoms with E-state index < -0.39 is 0 Å². The number of amides is 1. The van der Waals surface area contributed by atoms with Gasteiger partial charge in [-0.15, -0.1) is 28.1 Å². The Morgan fingerprint density at radius 1 is 1.43 bits per heavy atom. The molecular formula is C20H22ClN5O2S2. The van der Waals surface area contributed by atoms with E-state index in [-0.39, 0.29) is 11.7 Å². The summed E-state index contributed by atoms with van der Waals surface area (Å²) >= 11 is 8.70. The first-order valence-corrected chi connectivity index (χ1v) is 11.5. The number of hydrogen-bond donors (Lipinski definition) is 1. The van der Waals surface area contributed by atoms with Crippen molar-refractivity contribution in [1.29, 1.82) is 0 Å². The standard InChI is InChI=1S/C20H22ClN5O2S2/c1-3-9-26-17(5-4-10-28-16-7-6-15(21)12-14(16)2)24-25-20(26)30-13-18(27)23-19-22-8-11-29-19/h3,6-8,11-12H,1,4-5,9-10,13H2,2H3,(H,22,23,27). The Hall–Kier alpha value is -2.36. The molecule has 0 atom stereocenters. The van der Waals surface area contributed by atoms with E-state index in [1.807, 2.05) is 35.1 Å². The van der Waals surface area contributed by atoms with Crippen molar-refractivity contribution in [2.75, 3.05) is 17.7 Å². The zero-order valence-corrected chi connectivity index (χ0v) is 18.9. The van der Waals surface area contributed by atoms with Crippen molar-refractivity contribution in [3.63, 3.8) is 0 Å². The average molecular weight is 464 g/mol. The molecule has 0 aliphatic rings. The van der Waals surface area contributed by atoms with Gasteiger partial charge in [-0.3, -0.25) is 4.79 Å². The van der Waals surface area contributed by atoms with Crippen molar-refractivity contribution in [3.8, 4) is 5.75 Å². The molecule has 2 heterocycles. The van der Waals surface area contributed by atoms with Gasteiger partial charge in [-0.05, 0) is 37.1 Å². The van der Waals surface area contributed by atoms with E-state index in [2.05, 4.69) is 27.1 Å². The van der Waals surface area contributed by atoms with Crippen LogP contribution in [0.2, 0.25) is 5.02 Å². The first kappa shape index (κ1) is 22.3. The van der Waals surface area contributed by atoms with Crippen molar-refractivity contribution < 1.29 is 9.53 Å². The summed E-state index contributed by atoms with van der Waals surface area (Å²) in [5, 5.41) is 15.1. The first-order valence-electron chi connectivity index (χ1n) is 9.31. The predicted molar refractivity (Wildman–Crippen MR) is 122 cm³/mol. The largest absolute Gasteiger partial charge is 0.493 e. The maximum Gasteiger partial charge on any atom is 0.236 e. The molecular weight excluding hydrogens is 442 g/mol. The fraction of sp³-hybridized carbons (Fsp3) is 0.300. The van der Waals surface area contributed by atoms with Crippen molar-refractivity contribution >= 4 is 45.7 Å². The molecule has 0 saturated carbocycles. The maximum atomic E-state index is 12.1. The molecule has 158 valence electrons. The molecule has 3 aromatic rings. The van der Waals surface area contributed by atoms with Crippen molar-refractivity contribution in [2.45, 2.75) is 31.5 Å². The number of aromatic nitrogens is 4. The SMILES string of the molecule is C=CCn1c(CCCOc2ccc(Cl)cc2C)nnc1SCC(=O)Nc1nccs1. The van der Waals surface area contributed by atoms with Gasteiger partial charge in [-0.25, -0.2) is 4.98 Å². The smallest absolute Gasteiger partial charge is 0.236 e. The van der Waals surface area contributed by atoms with E-state index in [1.165, 1.54) is 23.1 Å². The van der Waals surface area contributed by atoms with Crippen LogP contribution in [0.1, 0.15) is 17.8 Å². The van der Waals surface area contributed by atoms with Gasteiger partial charge in [0.2, 0.25) is 5.91 Å². The molecule has 7 nitrogen and oxygen atoms in total. The Bertz CT molecular complexity index is 991. The summed E-state index contributed by atoms with van der Waals surface area (Å²) in [6, 6.07) is 5.58. The van der Waals surface area contributed by atoms with E-state index in [0.29, 0.717) is 34.9 Å². The lowest BCUT2D eigenvalue weighted by molar-refractivity contribution is -0.113. The fourth-order valence-electron chi connectivity index (χ4n) is 2.68. The number of ether oxygens (including phenoxy) is 1.